The fraction of sp³-hybridized carbons (Fsp3) is 0.250. The Hall–Kier alpha value is -2.26. The summed E-state index contributed by atoms with van der Waals surface area (Å²) in [6.07, 6.45) is 1.44. The highest BCUT2D eigenvalue weighted by atomic mass is 19.1. The Morgan fingerprint density at radius 3 is 3.06 bits per heavy atom. The topological polar surface area (TPSA) is 77.4 Å². The zero-order valence-electron chi connectivity index (χ0n) is 9.81. The third-order valence-electron chi connectivity index (χ3n) is 2.61. The van der Waals surface area contributed by atoms with Crippen LogP contribution in [0.3, 0.4) is 0 Å². The predicted octanol–water partition coefficient (Wildman–Crippen LogP) is 1.67. The normalized spacial score (nSPS) is 12.1. The molecule has 0 amide bonds. The van der Waals surface area contributed by atoms with Gasteiger partial charge in [-0.15, -0.1) is 0 Å². The summed E-state index contributed by atoms with van der Waals surface area (Å²) in [5.74, 6) is 0.238. The molecular formula is C12H12FN5. The van der Waals surface area contributed by atoms with Gasteiger partial charge in [0.15, 0.2) is 0 Å². The Kier molecular flexibility index (Phi) is 3.65. The Morgan fingerprint density at radius 1 is 1.56 bits per heavy atom. The lowest BCUT2D eigenvalue weighted by Crippen LogP contribution is -2.19. The van der Waals surface area contributed by atoms with Crippen molar-refractivity contribution in [1.29, 1.82) is 5.26 Å². The van der Waals surface area contributed by atoms with Gasteiger partial charge in [-0.05, 0) is 24.6 Å². The van der Waals surface area contributed by atoms with E-state index in [2.05, 4.69) is 20.5 Å². The summed E-state index contributed by atoms with van der Waals surface area (Å²) >= 11 is 0. The van der Waals surface area contributed by atoms with Crippen LogP contribution in [0.15, 0.2) is 24.5 Å². The smallest absolute Gasteiger partial charge is 0.141 e. The first-order chi connectivity index (χ1) is 8.70. The van der Waals surface area contributed by atoms with E-state index in [1.807, 2.05) is 13.0 Å². The van der Waals surface area contributed by atoms with Crippen LogP contribution >= 0.6 is 0 Å². The van der Waals surface area contributed by atoms with E-state index in [9.17, 15) is 4.39 Å². The van der Waals surface area contributed by atoms with Gasteiger partial charge in [-0.2, -0.15) is 10.4 Å². The number of aromatic amines is 1. The number of hydrogen-bond donors (Lipinski definition) is 2. The van der Waals surface area contributed by atoms with Crippen LogP contribution < -0.4 is 5.32 Å². The van der Waals surface area contributed by atoms with Crippen molar-refractivity contribution in [1.82, 2.24) is 20.5 Å². The van der Waals surface area contributed by atoms with Gasteiger partial charge in [-0.1, -0.05) is 6.07 Å². The molecule has 5 nitrogen and oxygen atoms in total. The number of nitrogens with one attached hydrogen (secondary N) is 2. The number of H-pyrrole nitrogens is 1. The first-order valence-corrected chi connectivity index (χ1v) is 5.48. The van der Waals surface area contributed by atoms with Crippen LogP contribution in [-0.4, -0.2) is 15.2 Å². The third kappa shape index (κ3) is 2.70. The van der Waals surface area contributed by atoms with Crippen molar-refractivity contribution in [2.75, 3.05) is 0 Å². The van der Waals surface area contributed by atoms with Crippen molar-refractivity contribution in [3.05, 3.63) is 47.3 Å². The molecule has 0 aliphatic rings. The summed E-state index contributed by atoms with van der Waals surface area (Å²) in [5, 5.41) is 18.5. The van der Waals surface area contributed by atoms with Crippen LogP contribution in [0.2, 0.25) is 0 Å². The van der Waals surface area contributed by atoms with E-state index < -0.39 is 5.82 Å². The Balaban J connectivity index is 2.01. The van der Waals surface area contributed by atoms with Gasteiger partial charge in [-0.25, -0.2) is 9.37 Å². The molecule has 0 fully saturated rings. The third-order valence-corrected chi connectivity index (χ3v) is 2.61. The molecule has 2 N–H and O–H groups in total. The molecule has 2 rings (SSSR count). The molecule has 0 saturated heterocycles. The second-order valence-electron chi connectivity index (χ2n) is 3.90. The van der Waals surface area contributed by atoms with Crippen LogP contribution in [-0.2, 0) is 6.54 Å². The fourth-order valence-electron chi connectivity index (χ4n) is 1.56. The Labute approximate surface area is 104 Å². The van der Waals surface area contributed by atoms with Crippen LogP contribution in [0.25, 0.3) is 0 Å². The van der Waals surface area contributed by atoms with E-state index in [0.717, 1.165) is 11.4 Å². The van der Waals surface area contributed by atoms with Gasteiger partial charge < -0.3 is 5.32 Å². The van der Waals surface area contributed by atoms with Crippen molar-refractivity contribution < 1.29 is 4.39 Å². The molecule has 1 heterocycles. The number of aromatic nitrogens is 3. The zero-order chi connectivity index (χ0) is 13.0. The molecule has 0 spiro atoms. The highest BCUT2D eigenvalue weighted by Crippen LogP contribution is 2.11. The van der Waals surface area contributed by atoms with E-state index in [1.54, 1.807) is 6.07 Å². The molecule has 1 atom stereocenters. The number of nitrogens with zero attached hydrogens (tertiary/aromatic N) is 3. The Morgan fingerprint density at radius 2 is 2.39 bits per heavy atom. The van der Waals surface area contributed by atoms with Gasteiger partial charge in [0, 0.05) is 6.54 Å². The average Bonchev–Trinajstić information content (AvgIpc) is 2.91. The standard InChI is InChI=1S/C12H12FN5/c1-8(12-16-7-17-18-12)15-6-9-2-3-11(13)10(4-9)5-14/h2-4,7-8,15H,6H2,1H3,(H,16,17,18). The Bertz CT molecular complexity index is 558. The van der Waals surface area contributed by atoms with Gasteiger partial charge >= 0.3 is 0 Å². The molecular weight excluding hydrogens is 233 g/mol. The summed E-state index contributed by atoms with van der Waals surface area (Å²) in [6.45, 7) is 2.46. The lowest BCUT2D eigenvalue weighted by molar-refractivity contribution is 0.547. The van der Waals surface area contributed by atoms with Crippen molar-refractivity contribution >= 4 is 0 Å². The quantitative estimate of drug-likeness (QED) is 0.858. The first-order valence-electron chi connectivity index (χ1n) is 5.48. The van der Waals surface area contributed by atoms with E-state index in [0.29, 0.717) is 6.54 Å². The van der Waals surface area contributed by atoms with Crippen LogP contribution in [0.5, 0.6) is 0 Å². The molecule has 92 valence electrons. The second kappa shape index (κ2) is 5.38. The highest BCUT2D eigenvalue weighted by Gasteiger charge is 2.08. The van der Waals surface area contributed by atoms with Crippen LogP contribution in [0, 0.1) is 17.1 Å². The molecule has 18 heavy (non-hydrogen) atoms. The van der Waals surface area contributed by atoms with Crippen molar-refractivity contribution in [2.24, 2.45) is 0 Å². The van der Waals surface area contributed by atoms with E-state index >= 15 is 0 Å². The fourth-order valence-corrected chi connectivity index (χ4v) is 1.56. The molecule has 0 aliphatic heterocycles. The molecule has 1 unspecified atom stereocenters. The van der Waals surface area contributed by atoms with Crippen LogP contribution in [0.1, 0.15) is 29.9 Å². The SMILES string of the molecule is CC(NCc1ccc(F)c(C#N)c1)c1ncn[nH]1. The van der Waals surface area contributed by atoms with Gasteiger partial charge in [0.25, 0.3) is 0 Å². The van der Waals surface area contributed by atoms with Crippen LogP contribution in [0.4, 0.5) is 4.39 Å². The predicted molar refractivity (Wildman–Crippen MR) is 62.8 cm³/mol. The molecule has 0 saturated carbocycles. The minimum absolute atomic E-state index is 0.00286. The summed E-state index contributed by atoms with van der Waals surface area (Å²) in [4.78, 5) is 4.03. The maximum atomic E-state index is 13.1. The maximum absolute atomic E-state index is 13.1. The number of rotatable bonds is 4. The largest absolute Gasteiger partial charge is 0.303 e. The maximum Gasteiger partial charge on any atom is 0.141 e. The number of benzene rings is 1. The molecule has 0 aliphatic carbocycles. The molecule has 6 heteroatoms. The molecule has 1 aromatic carbocycles. The highest BCUT2D eigenvalue weighted by molar-refractivity contribution is 5.34. The molecule has 0 radical (unpaired) electrons. The minimum atomic E-state index is -0.496. The summed E-state index contributed by atoms with van der Waals surface area (Å²) in [6, 6.07) is 6.31. The number of nitriles is 1. The number of hydrogen-bond acceptors (Lipinski definition) is 4. The summed E-state index contributed by atoms with van der Waals surface area (Å²) in [7, 11) is 0. The summed E-state index contributed by atoms with van der Waals surface area (Å²) in [5.41, 5.74) is 0.904. The number of halogens is 1. The summed E-state index contributed by atoms with van der Waals surface area (Å²) < 4.78 is 13.1. The van der Waals surface area contributed by atoms with Gasteiger partial charge in [0.1, 0.15) is 24.0 Å². The average molecular weight is 245 g/mol. The lowest BCUT2D eigenvalue weighted by atomic mass is 10.1. The lowest BCUT2D eigenvalue weighted by Gasteiger charge is -2.11. The van der Waals surface area contributed by atoms with Gasteiger partial charge in [0.05, 0.1) is 11.6 Å². The molecule has 0 bridgehead atoms. The second-order valence-corrected chi connectivity index (χ2v) is 3.90. The van der Waals surface area contributed by atoms with E-state index in [1.165, 1.54) is 18.5 Å². The van der Waals surface area contributed by atoms with E-state index in [-0.39, 0.29) is 11.6 Å². The van der Waals surface area contributed by atoms with Gasteiger partial charge in [0.2, 0.25) is 0 Å². The van der Waals surface area contributed by atoms with Gasteiger partial charge in [-0.3, -0.25) is 5.10 Å². The molecule has 2 aromatic rings. The monoisotopic (exact) mass is 245 g/mol. The zero-order valence-corrected chi connectivity index (χ0v) is 9.81. The van der Waals surface area contributed by atoms with E-state index in [4.69, 9.17) is 5.26 Å². The van der Waals surface area contributed by atoms with Crippen molar-refractivity contribution in [3.8, 4) is 6.07 Å². The van der Waals surface area contributed by atoms with Crippen molar-refractivity contribution in [3.63, 3.8) is 0 Å². The minimum Gasteiger partial charge on any atom is -0.303 e. The molecule has 1 aromatic heterocycles. The van der Waals surface area contributed by atoms with Crippen molar-refractivity contribution in [2.45, 2.75) is 19.5 Å². The first kappa shape index (κ1) is 12.2.